The summed E-state index contributed by atoms with van der Waals surface area (Å²) in [7, 11) is 1.60. The number of ether oxygens (including phenoxy) is 1. The first-order valence-electron chi connectivity index (χ1n) is 8.45. The Morgan fingerprint density at radius 1 is 1.00 bits per heavy atom. The summed E-state index contributed by atoms with van der Waals surface area (Å²) in [6.45, 7) is 2.07. The maximum atomic E-state index is 11.9. The fourth-order valence-corrected chi connectivity index (χ4v) is 2.20. The third-order valence-corrected chi connectivity index (χ3v) is 3.74. The second-order valence-corrected chi connectivity index (χ2v) is 5.66. The lowest BCUT2D eigenvalue weighted by molar-refractivity contribution is -0.124. The molecule has 2 rings (SSSR count). The van der Waals surface area contributed by atoms with Crippen LogP contribution in [0.1, 0.15) is 30.9 Å². The average molecular weight is 353 g/mol. The van der Waals surface area contributed by atoms with Gasteiger partial charge in [-0.1, -0.05) is 19.1 Å². The Bertz CT molecular complexity index is 753. The number of nitrogens with one attached hydrogen (secondary N) is 2. The largest absolute Gasteiger partial charge is 0.497 e. The number of benzene rings is 2. The van der Waals surface area contributed by atoms with Crippen LogP contribution in [0, 0.1) is 0 Å². The first kappa shape index (κ1) is 19.2. The molecule has 0 bridgehead atoms. The molecule has 2 aromatic rings. The third-order valence-electron chi connectivity index (χ3n) is 3.74. The summed E-state index contributed by atoms with van der Waals surface area (Å²) in [6, 6.07) is 14.9. The predicted octanol–water partition coefficient (Wildman–Crippen LogP) is 3.13. The Morgan fingerprint density at radius 3 is 2.27 bits per heavy atom. The second kappa shape index (κ2) is 9.98. The number of carbonyl (C=O) groups is 2. The van der Waals surface area contributed by atoms with Crippen molar-refractivity contribution in [1.29, 1.82) is 0 Å². The predicted molar refractivity (Wildman–Crippen MR) is 102 cm³/mol. The number of amides is 2. The van der Waals surface area contributed by atoms with Gasteiger partial charge in [0.2, 0.25) is 11.8 Å². The minimum Gasteiger partial charge on any atom is -0.497 e. The van der Waals surface area contributed by atoms with Crippen molar-refractivity contribution >= 4 is 23.7 Å². The molecule has 6 nitrogen and oxygen atoms in total. The fourth-order valence-electron chi connectivity index (χ4n) is 2.20. The van der Waals surface area contributed by atoms with E-state index < -0.39 is 0 Å². The van der Waals surface area contributed by atoms with Gasteiger partial charge in [-0.05, 0) is 53.9 Å². The molecule has 0 saturated heterocycles. The first-order chi connectivity index (χ1) is 12.6. The normalized spacial score (nSPS) is 10.5. The van der Waals surface area contributed by atoms with E-state index in [4.69, 9.17) is 4.74 Å². The van der Waals surface area contributed by atoms with Crippen molar-refractivity contribution < 1.29 is 14.3 Å². The van der Waals surface area contributed by atoms with E-state index in [1.165, 1.54) is 11.8 Å². The lowest BCUT2D eigenvalue weighted by Crippen LogP contribution is -2.20. The van der Waals surface area contributed by atoms with Crippen molar-refractivity contribution in [2.75, 3.05) is 12.4 Å². The average Bonchev–Trinajstić information content (AvgIpc) is 2.67. The number of rotatable bonds is 8. The summed E-state index contributed by atoms with van der Waals surface area (Å²) in [5.41, 5.74) is 5.18. The van der Waals surface area contributed by atoms with Crippen molar-refractivity contribution in [3.05, 3.63) is 59.7 Å². The molecule has 2 N–H and O–H groups in total. The highest BCUT2D eigenvalue weighted by molar-refractivity contribution is 5.93. The van der Waals surface area contributed by atoms with Crippen LogP contribution in [0.15, 0.2) is 53.6 Å². The Balaban J connectivity index is 1.71. The number of aryl methyl sites for hydroxylation is 1. The van der Waals surface area contributed by atoms with E-state index in [0.717, 1.165) is 23.4 Å². The lowest BCUT2D eigenvalue weighted by atomic mass is 10.1. The topological polar surface area (TPSA) is 79.8 Å². The molecule has 0 atom stereocenters. The van der Waals surface area contributed by atoms with Crippen LogP contribution in [-0.2, 0) is 16.0 Å². The molecule has 0 spiro atoms. The summed E-state index contributed by atoms with van der Waals surface area (Å²) in [5.74, 6) is 0.233. The molecular formula is C20H23N3O3. The van der Waals surface area contributed by atoms with Crippen molar-refractivity contribution in [3.63, 3.8) is 0 Å². The molecular weight excluding hydrogens is 330 g/mol. The SMILES string of the molecule is CCc1ccc(NC(=O)CCC(=O)N/N=C\c2ccc(OC)cc2)cc1. The van der Waals surface area contributed by atoms with Gasteiger partial charge in [-0.15, -0.1) is 0 Å². The van der Waals surface area contributed by atoms with Gasteiger partial charge in [0.25, 0.3) is 0 Å². The number of hydrogen-bond acceptors (Lipinski definition) is 4. The molecule has 0 aliphatic rings. The van der Waals surface area contributed by atoms with E-state index in [-0.39, 0.29) is 24.7 Å². The van der Waals surface area contributed by atoms with Gasteiger partial charge in [-0.3, -0.25) is 9.59 Å². The maximum Gasteiger partial charge on any atom is 0.240 e. The monoisotopic (exact) mass is 353 g/mol. The molecule has 0 saturated carbocycles. The van der Waals surface area contributed by atoms with Gasteiger partial charge >= 0.3 is 0 Å². The van der Waals surface area contributed by atoms with E-state index in [2.05, 4.69) is 22.8 Å². The number of hydrazone groups is 1. The number of anilines is 1. The van der Waals surface area contributed by atoms with Crippen LogP contribution in [0.5, 0.6) is 5.75 Å². The van der Waals surface area contributed by atoms with E-state index >= 15 is 0 Å². The zero-order valence-corrected chi connectivity index (χ0v) is 15.0. The molecule has 2 amide bonds. The number of hydrogen-bond donors (Lipinski definition) is 2. The zero-order chi connectivity index (χ0) is 18.8. The minimum atomic E-state index is -0.314. The van der Waals surface area contributed by atoms with Crippen LogP contribution in [0.2, 0.25) is 0 Å². The van der Waals surface area contributed by atoms with Gasteiger partial charge in [0.15, 0.2) is 0 Å². The number of nitrogens with zero attached hydrogens (tertiary/aromatic N) is 1. The second-order valence-electron chi connectivity index (χ2n) is 5.66. The van der Waals surface area contributed by atoms with Crippen molar-refractivity contribution in [3.8, 4) is 5.75 Å². The smallest absolute Gasteiger partial charge is 0.240 e. The Kier molecular flexibility index (Phi) is 7.36. The van der Waals surface area contributed by atoms with Crippen LogP contribution in [0.25, 0.3) is 0 Å². The van der Waals surface area contributed by atoms with Gasteiger partial charge in [0, 0.05) is 18.5 Å². The molecule has 0 radical (unpaired) electrons. The highest BCUT2D eigenvalue weighted by atomic mass is 16.5. The maximum absolute atomic E-state index is 11.9. The Labute approximate surface area is 153 Å². The van der Waals surface area contributed by atoms with E-state index in [9.17, 15) is 9.59 Å². The molecule has 0 aliphatic heterocycles. The summed E-state index contributed by atoms with van der Waals surface area (Å²) >= 11 is 0. The number of methoxy groups -OCH3 is 1. The van der Waals surface area contributed by atoms with Gasteiger partial charge in [-0.2, -0.15) is 5.10 Å². The molecule has 0 unspecified atom stereocenters. The summed E-state index contributed by atoms with van der Waals surface area (Å²) in [4.78, 5) is 23.6. The summed E-state index contributed by atoms with van der Waals surface area (Å²) < 4.78 is 5.07. The fraction of sp³-hybridized carbons (Fsp3) is 0.250. The molecule has 0 aliphatic carbocycles. The Hall–Kier alpha value is -3.15. The molecule has 6 heteroatoms. The van der Waals surface area contributed by atoms with Gasteiger partial charge in [-0.25, -0.2) is 5.43 Å². The molecule has 0 fully saturated rings. The minimum absolute atomic E-state index is 0.0683. The highest BCUT2D eigenvalue weighted by Gasteiger charge is 2.06. The Morgan fingerprint density at radius 2 is 1.65 bits per heavy atom. The van der Waals surface area contributed by atoms with Crippen LogP contribution >= 0.6 is 0 Å². The van der Waals surface area contributed by atoms with Gasteiger partial charge < -0.3 is 10.1 Å². The number of carbonyl (C=O) groups excluding carboxylic acids is 2. The van der Waals surface area contributed by atoms with Gasteiger partial charge in [0.05, 0.1) is 13.3 Å². The molecule has 0 aromatic heterocycles. The third kappa shape index (κ3) is 6.39. The van der Waals surface area contributed by atoms with Crippen molar-refractivity contribution in [2.45, 2.75) is 26.2 Å². The van der Waals surface area contributed by atoms with E-state index in [0.29, 0.717) is 0 Å². The highest BCUT2D eigenvalue weighted by Crippen LogP contribution is 2.11. The molecule has 0 heterocycles. The van der Waals surface area contributed by atoms with Crippen molar-refractivity contribution in [1.82, 2.24) is 5.43 Å². The lowest BCUT2D eigenvalue weighted by Gasteiger charge is -2.05. The van der Waals surface area contributed by atoms with Gasteiger partial charge in [0.1, 0.15) is 5.75 Å². The molecule has 26 heavy (non-hydrogen) atoms. The standard InChI is InChI=1S/C20H23N3O3/c1-3-15-4-8-17(9-5-15)22-19(24)12-13-20(25)23-21-14-16-6-10-18(26-2)11-7-16/h4-11,14H,3,12-13H2,1-2H3,(H,22,24)(H,23,25)/b21-14-. The van der Waals surface area contributed by atoms with E-state index in [1.54, 1.807) is 19.2 Å². The zero-order valence-electron chi connectivity index (χ0n) is 15.0. The first-order valence-corrected chi connectivity index (χ1v) is 8.45. The van der Waals surface area contributed by atoms with E-state index in [1.807, 2.05) is 36.4 Å². The van der Waals surface area contributed by atoms with Crippen molar-refractivity contribution in [2.24, 2.45) is 5.10 Å². The summed E-state index contributed by atoms with van der Waals surface area (Å²) in [5, 5.41) is 6.65. The quantitative estimate of drug-likeness (QED) is 0.565. The van der Waals surface area contributed by atoms with Crippen LogP contribution in [-0.4, -0.2) is 25.1 Å². The van der Waals surface area contributed by atoms with Crippen LogP contribution < -0.4 is 15.5 Å². The summed E-state index contributed by atoms with van der Waals surface area (Å²) in [6.07, 6.45) is 2.65. The molecule has 2 aromatic carbocycles. The van der Waals surface area contributed by atoms with Crippen LogP contribution in [0.3, 0.4) is 0 Å². The molecule has 136 valence electrons. The van der Waals surface area contributed by atoms with Crippen LogP contribution in [0.4, 0.5) is 5.69 Å².